The predicted molar refractivity (Wildman–Crippen MR) is 104 cm³/mol. The lowest BCUT2D eigenvalue weighted by Gasteiger charge is -2.08. The lowest BCUT2D eigenvalue weighted by molar-refractivity contribution is 0.992. The molecule has 5 rings (SSSR count). The molecule has 1 aliphatic rings. The zero-order valence-electron chi connectivity index (χ0n) is 14.5. The van der Waals surface area contributed by atoms with Crippen molar-refractivity contribution in [1.29, 1.82) is 0 Å². The van der Waals surface area contributed by atoms with Gasteiger partial charge in [-0.05, 0) is 41.7 Å². The van der Waals surface area contributed by atoms with Crippen LogP contribution in [0.5, 0.6) is 0 Å². The SMILES string of the molecule is Cc1nc(-c2ccccc2)nc(-c2ccc3c(c2)-c2ccccc2C3)n1. The van der Waals surface area contributed by atoms with E-state index >= 15 is 0 Å². The summed E-state index contributed by atoms with van der Waals surface area (Å²) in [6.45, 7) is 1.92. The van der Waals surface area contributed by atoms with E-state index in [4.69, 9.17) is 4.98 Å². The van der Waals surface area contributed by atoms with Crippen molar-refractivity contribution in [3.8, 4) is 33.9 Å². The van der Waals surface area contributed by atoms with E-state index in [1.54, 1.807) is 0 Å². The number of rotatable bonds is 2. The van der Waals surface area contributed by atoms with Crippen LogP contribution >= 0.6 is 0 Å². The standard InChI is InChI=1S/C23H17N3/c1-15-24-22(16-7-3-2-4-8-16)26-23(25-15)19-12-11-18-13-17-9-5-6-10-20(17)21(18)14-19/h2-12,14H,13H2,1H3. The molecule has 0 N–H and O–H groups in total. The predicted octanol–water partition coefficient (Wildman–Crippen LogP) is 5.09. The molecule has 4 aromatic rings. The van der Waals surface area contributed by atoms with Gasteiger partial charge in [0, 0.05) is 11.1 Å². The van der Waals surface area contributed by atoms with Crippen LogP contribution in [0.25, 0.3) is 33.9 Å². The molecule has 0 aliphatic heterocycles. The van der Waals surface area contributed by atoms with Gasteiger partial charge >= 0.3 is 0 Å². The monoisotopic (exact) mass is 335 g/mol. The summed E-state index contributed by atoms with van der Waals surface area (Å²) >= 11 is 0. The molecule has 0 atom stereocenters. The molecule has 0 spiro atoms. The van der Waals surface area contributed by atoms with Crippen molar-refractivity contribution in [3.63, 3.8) is 0 Å². The normalized spacial score (nSPS) is 11.9. The third kappa shape index (κ3) is 2.49. The summed E-state index contributed by atoms with van der Waals surface area (Å²) in [5, 5.41) is 0. The van der Waals surface area contributed by atoms with E-state index in [9.17, 15) is 0 Å². The van der Waals surface area contributed by atoms with Gasteiger partial charge < -0.3 is 0 Å². The molecule has 1 aliphatic carbocycles. The van der Waals surface area contributed by atoms with Crippen molar-refractivity contribution in [2.24, 2.45) is 0 Å². The van der Waals surface area contributed by atoms with E-state index < -0.39 is 0 Å². The minimum absolute atomic E-state index is 0.717. The van der Waals surface area contributed by atoms with Gasteiger partial charge in [0.2, 0.25) is 0 Å². The molecule has 1 heterocycles. The van der Waals surface area contributed by atoms with Gasteiger partial charge in [0.25, 0.3) is 0 Å². The molecular weight excluding hydrogens is 318 g/mol. The van der Waals surface area contributed by atoms with E-state index in [1.807, 2.05) is 37.3 Å². The lowest BCUT2D eigenvalue weighted by atomic mass is 10.0. The molecule has 0 fully saturated rings. The van der Waals surface area contributed by atoms with Crippen molar-refractivity contribution in [1.82, 2.24) is 15.0 Å². The molecule has 26 heavy (non-hydrogen) atoms. The fraction of sp³-hybridized carbons (Fsp3) is 0.0870. The Morgan fingerprint density at radius 1 is 0.615 bits per heavy atom. The summed E-state index contributed by atoms with van der Waals surface area (Å²) in [6, 6.07) is 25.2. The van der Waals surface area contributed by atoms with Crippen LogP contribution in [0, 0.1) is 6.92 Å². The van der Waals surface area contributed by atoms with Crippen molar-refractivity contribution in [2.45, 2.75) is 13.3 Å². The molecule has 3 nitrogen and oxygen atoms in total. The highest BCUT2D eigenvalue weighted by atomic mass is 15.0. The van der Waals surface area contributed by atoms with Crippen LogP contribution in [0.1, 0.15) is 17.0 Å². The molecule has 0 saturated carbocycles. The Morgan fingerprint density at radius 2 is 1.31 bits per heavy atom. The summed E-state index contributed by atoms with van der Waals surface area (Å²) in [5.74, 6) is 2.17. The quantitative estimate of drug-likeness (QED) is 0.451. The Hall–Kier alpha value is -3.33. The zero-order valence-corrected chi connectivity index (χ0v) is 14.5. The van der Waals surface area contributed by atoms with E-state index in [0.717, 1.165) is 29.2 Å². The Bertz CT molecular complexity index is 1120. The Kier molecular flexibility index (Phi) is 3.39. The van der Waals surface area contributed by atoms with E-state index in [0.29, 0.717) is 5.82 Å². The highest BCUT2D eigenvalue weighted by Crippen LogP contribution is 2.38. The maximum absolute atomic E-state index is 4.73. The average molecular weight is 335 g/mol. The largest absolute Gasteiger partial charge is 0.213 e. The third-order valence-corrected chi connectivity index (χ3v) is 4.84. The highest BCUT2D eigenvalue weighted by Gasteiger charge is 2.19. The lowest BCUT2D eigenvalue weighted by Crippen LogP contribution is -1.99. The van der Waals surface area contributed by atoms with Crippen LogP contribution in [0.15, 0.2) is 72.8 Å². The third-order valence-electron chi connectivity index (χ3n) is 4.84. The minimum Gasteiger partial charge on any atom is -0.213 e. The fourth-order valence-corrected chi connectivity index (χ4v) is 3.59. The molecule has 0 saturated heterocycles. The number of fused-ring (bicyclic) bond motifs is 3. The first-order valence-electron chi connectivity index (χ1n) is 8.77. The van der Waals surface area contributed by atoms with Crippen molar-refractivity contribution in [2.75, 3.05) is 0 Å². The molecule has 0 radical (unpaired) electrons. The molecule has 0 unspecified atom stereocenters. The maximum atomic E-state index is 4.73. The van der Waals surface area contributed by atoms with Crippen molar-refractivity contribution >= 4 is 0 Å². The van der Waals surface area contributed by atoms with Gasteiger partial charge in [-0.15, -0.1) is 0 Å². The van der Waals surface area contributed by atoms with Gasteiger partial charge in [-0.25, -0.2) is 15.0 Å². The van der Waals surface area contributed by atoms with E-state index in [1.165, 1.54) is 22.3 Å². The Labute approximate surface area is 152 Å². The zero-order chi connectivity index (χ0) is 17.5. The number of aromatic nitrogens is 3. The molecular formula is C23H17N3. The van der Waals surface area contributed by atoms with Gasteiger partial charge in [-0.3, -0.25) is 0 Å². The fourth-order valence-electron chi connectivity index (χ4n) is 3.59. The number of aryl methyl sites for hydroxylation is 1. The topological polar surface area (TPSA) is 38.7 Å². The van der Waals surface area contributed by atoms with Crippen LogP contribution in [-0.2, 0) is 6.42 Å². The van der Waals surface area contributed by atoms with E-state index in [-0.39, 0.29) is 0 Å². The molecule has 3 aromatic carbocycles. The number of benzene rings is 3. The van der Waals surface area contributed by atoms with Crippen LogP contribution in [-0.4, -0.2) is 15.0 Å². The average Bonchev–Trinajstić information content (AvgIpc) is 3.06. The number of hydrogen-bond acceptors (Lipinski definition) is 3. The van der Waals surface area contributed by atoms with Crippen LogP contribution in [0.4, 0.5) is 0 Å². The first kappa shape index (κ1) is 15.0. The van der Waals surface area contributed by atoms with E-state index in [2.05, 4.69) is 52.4 Å². The molecule has 124 valence electrons. The summed E-state index contributed by atoms with van der Waals surface area (Å²) < 4.78 is 0. The van der Waals surface area contributed by atoms with Gasteiger partial charge in [0.05, 0.1) is 0 Å². The first-order valence-corrected chi connectivity index (χ1v) is 8.77. The Balaban J connectivity index is 1.63. The van der Waals surface area contributed by atoms with Crippen LogP contribution in [0.2, 0.25) is 0 Å². The minimum atomic E-state index is 0.717. The second kappa shape index (κ2) is 5.88. The van der Waals surface area contributed by atoms with Crippen molar-refractivity contribution in [3.05, 3.63) is 89.7 Å². The Morgan fingerprint density at radius 3 is 2.15 bits per heavy atom. The first-order chi connectivity index (χ1) is 12.8. The summed E-state index contributed by atoms with van der Waals surface area (Å²) in [6.07, 6.45) is 0.997. The molecule has 3 heteroatoms. The van der Waals surface area contributed by atoms with Crippen LogP contribution < -0.4 is 0 Å². The second-order valence-electron chi connectivity index (χ2n) is 6.60. The molecule has 1 aromatic heterocycles. The highest BCUT2D eigenvalue weighted by molar-refractivity contribution is 5.80. The summed E-state index contributed by atoms with van der Waals surface area (Å²) in [7, 11) is 0. The smallest absolute Gasteiger partial charge is 0.163 e. The van der Waals surface area contributed by atoms with Gasteiger partial charge in [0.1, 0.15) is 5.82 Å². The summed E-state index contributed by atoms with van der Waals surface area (Å²) in [5.41, 5.74) is 7.39. The number of hydrogen-bond donors (Lipinski definition) is 0. The van der Waals surface area contributed by atoms with Crippen molar-refractivity contribution < 1.29 is 0 Å². The van der Waals surface area contributed by atoms with Gasteiger partial charge in [-0.2, -0.15) is 0 Å². The molecule has 0 bridgehead atoms. The maximum Gasteiger partial charge on any atom is 0.163 e. The number of nitrogens with zero attached hydrogens (tertiary/aromatic N) is 3. The van der Waals surface area contributed by atoms with Crippen LogP contribution in [0.3, 0.4) is 0 Å². The van der Waals surface area contributed by atoms with Gasteiger partial charge in [0.15, 0.2) is 11.6 Å². The van der Waals surface area contributed by atoms with Gasteiger partial charge in [-0.1, -0.05) is 66.7 Å². The molecule has 0 amide bonds. The second-order valence-corrected chi connectivity index (χ2v) is 6.60. The summed E-state index contributed by atoms with van der Waals surface area (Å²) in [4.78, 5) is 13.8.